The number of carbonyl (C=O) groups excluding carboxylic acids is 3. The third-order valence-electron chi connectivity index (χ3n) is 6.39. The Bertz CT molecular complexity index is 750. The molecule has 2 saturated heterocycles. The number of aryl methyl sites for hydroxylation is 1. The number of carbonyl (C=O) groups is 3. The number of aromatic nitrogens is 1. The fraction of sp³-hybridized carbons (Fsp3) is 0.650. The molecule has 1 atom stereocenters. The van der Waals surface area contributed by atoms with Crippen LogP contribution in [0.25, 0.3) is 0 Å². The molecule has 146 valence electrons. The van der Waals surface area contributed by atoms with Gasteiger partial charge in [-0.3, -0.25) is 14.5 Å². The first-order valence-corrected chi connectivity index (χ1v) is 10.1. The van der Waals surface area contributed by atoms with E-state index in [1.165, 1.54) is 0 Å². The van der Waals surface area contributed by atoms with Gasteiger partial charge in [0.25, 0.3) is 5.91 Å². The lowest BCUT2D eigenvalue weighted by Crippen LogP contribution is -2.49. The summed E-state index contributed by atoms with van der Waals surface area (Å²) in [4.78, 5) is 41.5. The Morgan fingerprint density at radius 2 is 1.96 bits per heavy atom. The lowest BCUT2D eigenvalue weighted by molar-refractivity contribution is -0.141. The van der Waals surface area contributed by atoms with Crippen molar-refractivity contribution < 1.29 is 14.4 Å². The summed E-state index contributed by atoms with van der Waals surface area (Å²) in [5.41, 5.74) is 0.332. The molecule has 1 aliphatic carbocycles. The Morgan fingerprint density at radius 1 is 1.19 bits per heavy atom. The number of hydrogen-bond donors (Lipinski definition) is 1. The van der Waals surface area contributed by atoms with Crippen LogP contribution in [0.5, 0.6) is 0 Å². The van der Waals surface area contributed by atoms with Crippen LogP contribution in [0.3, 0.4) is 0 Å². The van der Waals surface area contributed by atoms with Gasteiger partial charge in [0.05, 0.1) is 6.04 Å². The molecule has 7 heteroatoms. The molecular formula is C20H28N4O3. The highest BCUT2D eigenvalue weighted by molar-refractivity contribution is 6.09. The van der Waals surface area contributed by atoms with Gasteiger partial charge in [-0.1, -0.05) is 19.3 Å². The van der Waals surface area contributed by atoms with Gasteiger partial charge in [0.1, 0.15) is 12.1 Å². The Labute approximate surface area is 159 Å². The van der Waals surface area contributed by atoms with E-state index in [2.05, 4.69) is 5.32 Å². The number of urea groups is 1. The molecule has 3 heterocycles. The summed E-state index contributed by atoms with van der Waals surface area (Å²) in [6.45, 7) is 0.511. The number of piperidine rings is 1. The largest absolute Gasteiger partial charge is 0.353 e. The van der Waals surface area contributed by atoms with Crippen LogP contribution in [0.1, 0.15) is 63.1 Å². The summed E-state index contributed by atoms with van der Waals surface area (Å²) >= 11 is 0. The highest BCUT2D eigenvalue weighted by Gasteiger charge is 2.52. The van der Waals surface area contributed by atoms with Crippen LogP contribution in [-0.4, -0.2) is 50.8 Å². The molecule has 0 bridgehead atoms. The number of likely N-dealkylation sites (tertiary alicyclic amines) is 1. The first kappa shape index (κ1) is 18.1. The molecular weight excluding hydrogens is 344 g/mol. The first-order valence-electron chi connectivity index (χ1n) is 10.1. The lowest BCUT2D eigenvalue weighted by atomic mass is 9.82. The highest BCUT2D eigenvalue weighted by Crippen LogP contribution is 2.35. The summed E-state index contributed by atoms with van der Waals surface area (Å²) in [6.07, 6.45) is 9.25. The Kier molecular flexibility index (Phi) is 4.70. The fourth-order valence-electron chi connectivity index (χ4n) is 4.90. The summed E-state index contributed by atoms with van der Waals surface area (Å²) < 4.78 is 2.04. The molecule has 4 rings (SSSR count). The zero-order chi connectivity index (χ0) is 19.0. The van der Waals surface area contributed by atoms with Crippen molar-refractivity contribution >= 4 is 17.8 Å². The van der Waals surface area contributed by atoms with Gasteiger partial charge in [0.15, 0.2) is 0 Å². The van der Waals surface area contributed by atoms with Crippen molar-refractivity contribution in [2.24, 2.45) is 7.05 Å². The van der Waals surface area contributed by atoms with Gasteiger partial charge in [-0.05, 0) is 44.2 Å². The van der Waals surface area contributed by atoms with Crippen molar-refractivity contribution in [2.75, 3.05) is 13.1 Å². The normalized spacial score (nSPS) is 25.1. The van der Waals surface area contributed by atoms with Crippen LogP contribution < -0.4 is 5.32 Å². The number of nitrogens with one attached hydrogen (secondary N) is 1. The van der Waals surface area contributed by atoms with Crippen LogP contribution in [0.15, 0.2) is 18.3 Å². The van der Waals surface area contributed by atoms with E-state index in [9.17, 15) is 14.4 Å². The molecule has 1 spiro atoms. The average molecular weight is 372 g/mol. The second kappa shape index (κ2) is 7.02. The summed E-state index contributed by atoms with van der Waals surface area (Å²) in [5, 5.41) is 2.89. The SMILES string of the molecule is Cn1cccc1C1CCCCN1C(=O)CN1C(=O)NC2(CCCCC2)C1=O. The molecule has 3 aliphatic rings. The van der Waals surface area contributed by atoms with E-state index in [0.717, 1.165) is 49.1 Å². The lowest BCUT2D eigenvalue weighted by Gasteiger charge is -2.37. The van der Waals surface area contributed by atoms with E-state index in [-0.39, 0.29) is 24.4 Å². The minimum atomic E-state index is -0.769. The van der Waals surface area contributed by atoms with Gasteiger partial charge in [-0.2, -0.15) is 0 Å². The molecule has 0 radical (unpaired) electrons. The molecule has 0 aromatic carbocycles. The van der Waals surface area contributed by atoms with E-state index < -0.39 is 11.6 Å². The van der Waals surface area contributed by atoms with Crippen molar-refractivity contribution in [1.29, 1.82) is 0 Å². The number of nitrogens with zero attached hydrogens (tertiary/aromatic N) is 3. The molecule has 1 aromatic heterocycles. The zero-order valence-corrected chi connectivity index (χ0v) is 15.9. The molecule has 1 unspecified atom stereocenters. The molecule has 1 N–H and O–H groups in total. The molecule has 2 aliphatic heterocycles. The second-order valence-electron chi connectivity index (χ2n) is 8.11. The maximum absolute atomic E-state index is 13.1. The minimum Gasteiger partial charge on any atom is -0.353 e. The highest BCUT2D eigenvalue weighted by atomic mass is 16.2. The van der Waals surface area contributed by atoms with Crippen LogP contribution in [0.2, 0.25) is 0 Å². The third kappa shape index (κ3) is 3.13. The molecule has 3 fully saturated rings. The van der Waals surface area contributed by atoms with Gasteiger partial charge in [-0.15, -0.1) is 0 Å². The van der Waals surface area contributed by atoms with E-state index >= 15 is 0 Å². The number of amides is 4. The van der Waals surface area contributed by atoms with E-state index in [1.54, 1.807) is 0 Å². The van der Waals surface area contributed by atoms with Gasteiger partial charge in [-0.25, -0.2) is 4.79 Å². The zero-order valence-electron chi connectivity index (χ0n) is 15.9. The molecule has 4 amide bonds. The van der Waals surface area contributed by atoms with Crippen molar-refractivity contribution in [3.8, 4) is 0 Å². The Hall–Kier alpha value is -2.31. The quantitative estimate of drug-likeness (QED) is 0.828. The van der Waals surface area contributed by atoms with Gasteiger partial charge in [0.2, 0.25) is 5.91 Å². The average Bonchev–Trinajstić information content (AvgIpc) is 3.19. The minimum absolute atomic E-state index is 0.00987. The van der Waals surface area contributed by atoms with Crippen LogP contribution in [0.4, 0.5) is 4.79 Å². The maximum Gasteiger partial charge on any atom is 0.325 e. The standard InChI is InChI=1S/C20H28N4O3/c1-22-12-7-9-15(22)16-8-3-6-13-23(16)17(25)14-24-18(26)20(21-19(24)27)10-4-2-5-11-20/h7,9,12,16H,2-6,8,10-11,13-14H2,1H3,(H,21,27). The fourth-order valence-corrected chi connectivity index (χ4v) is 4.90. The number of rotatable bonds is 3. The summed E-state index contributed by atoms with van der Waals surface area (Å²) in [7, 11) is 1.98. The van der Waals surface area contributed by atoms with Gasteiger partial charge in [0, 0.05) is 25.5 Å². The summed E-state index contributed by atoms with van der Waals surface area (Å²) in [6, 6.07) is 3.62. The number of imide groups is 1. The van der Waals surface area contributed by atoms with Crippen molar-refractivity contribution in [1.82, 2.24) is 19.7 Å². The maximum atomic E-state index is 13.1. The Balaban J connectivity index is 1.50. The predicted molar refractivity (Wildman–Crippen MR) is 99.8 cm³/mol. The van der Waals surface area contributed by atoms with Gasteiger partial charge >= 0.3 is 6.03 Å². The van der Waals surface area contributed by atoms with Crippen LogP contribution in [-0.2, 0) is 16.6 Å². The van der Waals surface area contributed by atoms with Gasteiger partial charge < -0.3 is 14.8 Å². The molecule has 1 saturated carbocycles. The smallest absolute Gasteiger partial charge is 0.325 e. The third-order valence-corrected chi connectivity index (χ3v) is 6.39. The van der Waals surface area contributed by atoms with E-state index in [4.69, 9.17) is 0 Å². The number of hydrogen-bond acceptors (Lipinski definition) is 3. The molecule has 7 nitrogen and oxygen atoms in total. The van der Waals surface area contributed by atoms with Crippen molar-refractivity contribution in [2.45, 2.75) is 62.9 Å². The van der Waals surface area contributed by atoms with Crippen LogP contribution in [0, 0.1) is 0 Å². The monoisotopic (exact) mass is 372 g/mol. The first-order chi connectivity index (χ1) is 13.0. The Morgan fingerprint density at radius 3 is 2.67 bits per heavy atom. The van der Waals surface area contributed by atoms with E-state index in [0.29, 0.717) is 19.4 Å². The topological polar surface area (TPSA) is 74.7 Å². The van der Waals surface area contributed by atoms with Crippen molar-refractivity contribution in [3.05, 3.63) is 24.0 Å². The second-order valence-corrected chi connectivity index (χ2v) is 8.11. The van der Waals surface area contributed by atoms with Crippen LogP contribution >= 0.6 is 0 Å². The molecule has 1 aromatic rings. The predicted octanol–water partition coefficient (Wildman–Crippen LogP) is 2.33. The molecule has 27 heavy (non-hydrogen) atoms. The summed E-state index contributed by atoms with van der Waals surface area (Å²) in [5.74, 6) is -0.356. The van der Waals surface area contributed by atoms with E-state index in [1.807, 2.05) is 34.8 Å². The van der Waals surface area contributed by atoms with Crippen molar-refractivity contribution in [3.63, 3.8) is 0 Å².